The molecule has 0 aliphatic heterocycles. The fourth-order valence-corrected chi connectivity index (χ4v) is 2.43. The average Bonchev–Trinajstić information content (AvgIpc) is 2.48. The van der Waals surface area contributed by atoms with Crippen LogP contribution in [0.5, 0.6) is 0 Å². The van der Waals surface area contributed by atoms with E-state index in [2.05, 4.69) is 0 Å². The number of hydrogen-bond donors (Lipinski definition) is 0. The molecule has 1 aromatic carbocycles. The van der Waals surface area contributed by atoms with Crippen LogP contribution in [-0.2, 0) is 23.8 Å². The van der Waals surface area contributed by atoms with E-state index in [1.165, 1.54) is 17.8 Å². The third kappa shape index (κ3) is 6.67. The number of esters is 2. The van der Waals surface area contributed by atoms with Gasteiger partial charge in [-0.15, -0.1) is 0 Å². The van der Waals surface area contributed by atoms with Gasteiger partial charge in [0.15, 0.2) is 0 Å². The molecule has 0 aromatic heterocycles. The van der Waals surface area contributed by atoms with Gasteiger partial charge in [0.05, 0.1) is 19.3 Å². The van der Waals surface area contributed by atoms with E-state index in [0.717, 1.165) is 4.90 Å². The zero-order valence-corrected chi connectivity index (χ0v) is 13.7. The molecule has 6 heteroatoms. The van der Waals surface area contributed by atoms with Gasteiger partial charge in [-0.3, -0.25) is 0 Å². The first-order valence-electron chi connectivity index (χ1n) is 6.96. The minimum Gasteiger partial charge on any atom is -0.472 e. The molecule has 0 radical (unpaired) electrons. The van der Waals surface area contributed by atoms with E-state index in [-0.39, 0.29) is 13.2 Å². The van der Waals surface area contributed by atoms with Crippen LogP contribution in [0.25, 0.3) is 0 Å². The van der Waals surface area contributed by atoms with E-state index in [9.17, 15) is 9.59 Å². The van der Waals surface area contributed by atoms with Gasteiger partial charge in [-0.25, -0.2) is 9.59 Å². The Hall–Kier alpha value is -1.95. The van der Waals surface area contributed by atoms with Crippen molar-refractivity contribution < 1.29 is 23.8 Å². The highest BCUT2D eigenvalue weighted by atomic mass is 32.2. The molecule has 0 fully saturated rings. The Kier molecular flexibility index (Phi) is 8.14. The predicted molar refractivity (Wildman–Crippen MR) is 84.2 cm³/mol. The van der Waals surface area contributed by atoms with Crippen molar-refractivity contribution in [1.82, 2.24) is 0 Å². The Balaban J connectivity index is 2.77. The van der Waals surface area contributed by atoms with Gasteiger partial charge >= 0.3 is 11.9 Å². The van der Waals surface area contributed by atoms with Crippen LogP contribution in [0, 0.1) is 0 Å². The summed E-state index contributed by atoms with van der Waals surface area (Å²) < 4.78 is 15.3. The number of thioether (sulfide) groups is 1. The van der Waals surface area contributed by atoms with Crippen LogP contribution in [0.1, 0.15) is 20.8 Å². The van der Waals surface area contributed by atoms with Crippen LogP contribution in [-0.4, -0.2) is 30.6 Å². The first kappa shape index (κ1) is 18.1. The highest BCUT2D eigenvalue weighted by molar-refractivity contribution is 8.00. The quantitative estimate of drug-likeness (QED) is 0.241. The molecule has 5 nitrogen and oxygen atoms in total. The van der Waals surface area contributed by atoms with E-state index in [1.54, 1.807) is 20.8 Å². The summed E-state index contributed by atoms with van der Waals surface area (Å²) in [5, 5.41) is 0. The molecule has 0 amide bonds. The summed E-state index contributed by atoms with van der Waals surface area (Å²) in [5.74, 6) is -0.708. The Bertz CT molecular complexity index is 513. The lowest BCUT2D eigenvalue weighted by atomic mass is 10.4. The maximum atomic E-state index is 12.0. The predicted octanol–water partition coefficient (Wildman–Crippen LogP) is 3.15. The van der Waals surface area contributed by atoms with Crippen molar-refractivity contribution in [2.45, 2.75) is 31.1 Å². The van der Waals surface area contributed by atoms with Crippen LogP contribution in [0.15, 0.2) is 47.1 Å². The summed E-state index contributed by atoms with van der Waals surface area (Å²) in [6.45, 7) is 5.57. The number of hydrogen-bond acceptors (Lipinski definition) is 6. The van der Waals surface area contributed by atoms with Crippen molar-refractivity contribution in [3.63, 3.8) is 0 Å². The molecule has 22 heavy (non-hydrogen) atoms. The second-order valence-corrected chi connectivity index (χ2v) is 5.28. The van der Waals surface area contributed by atoms with E-state index >= 15 is 0 Å². The summed E-state index contributed by atoms with van der Waals surface area (Å²) in [6.07, 6.45) is 1.21. The second kappa shape index (κ2) is 9.89. The van der Waals surface area contributed by atoms with E-state index in [0.29, 0.717) is 5.76 Å². The van der Waals surface area contributed by atoms with Crippen LogP contribution in [0.2, 0.25) is 0 Å². The zero-order valence-electron chi connectivity index (χ0n) is 12.9. The summed E-state index contributed by atoms with van der Waals surface area (Å²) >= 11 is 1.22. The van der Waals surface area contributed by atoms with Crippen LogP contribution >= 0.6 is 11.8 Å². The summed E-state index contributed by atoms with van der Waals surface area (Å²) in [6, 6.07) is 9.35. The van der Waals surface area contributed by atoms with Gasteiger partial charge in [0.25, 0.3) is 0 Å². The normalized spacial score (nSPS) is 12.4. The molecule has 0 aliphatic rings. The van der Waals surface area contributed by atoms with Gasteiger partial charge in [0, 0.05) is 4.90 Å². The fourth-order valence-electron chi connectivity index (χ4n) is 1.51. The number of carbonyl (C=O) groups excluding carboxylic acids is 2. The Morgan fingerprint density at radius 3 is 2.36 bits per heavy atom. The molecular formula is C16H20O5S. The minimum absolute atomic E-state index is 0.259. The Labute approximate surface area is 134 Å². The third-order valence-corrected chi connectivity index (χ3v) is 3.41. The third-order valence-electron chi connectivity index (χ3n) is 2.37. The summed E-state index contributed by atoms with van der Waals surface area (Å²) in [7, 11) is 0. The van der Waals surface area contributed by atoms with Crippen molar-refractivity contribution in [2.24, 2.45) is 0 Å². The zero-order chi connectivity index (χ0) is 16.4. The van der Waals surface area contributed by atoms with Crippen molar-refractivity contribution in [3.05, 3.63) is 42.2 Å². The lowest BCUT2D eigenvalue weighted by Crippen LogP contribution is -2.23. The van der Waals surface area contributed by atoms with Crippen LogP contribution in [0.3, 0.4) is 0 Å². The van der Waals surface area contributed by atoms with Gasteiger partial charge in [-0.05, 0) is 32.9 Å². The maximum absolute atomic E-state index is 12.0. The second-order valence-electron chi connectivity index (χ2n) is 4.14. The summed E-state index contributed by atoms with van der Waals surface area (Å²) in [5.41, 5.74) is -0.881. The molecule has 120 valence electrons. The van der Waals surface area contributed by atoms with Gasteiger partial charge in [0.2, 0.25) is 5.44 Å². The minimum atomic E-state index is -0.881. The number of ether oxygens (including phenoxy) is 3. The molecule has 1 atom stereocenters. The smallest absolute Gasteiger partial charge is 0.358 e. The Morgan fingerprint density at radius 2 is 1.77 bits per heavy atom. The lowest BCUT2D eigenvalue weighted by Gasteiger charge is -2.17. The van der Waals surface area contributed by atoms with Gasteiger partial charge in [-0.2, -0.15) is 0 Å². The van der Waals surface area contributed by atoms with Gasteiger partial charge < -0.3 is 14.2 Å². The molecule has 0 aliphatic carbocycles. The van der Waals surface area contributed by atoms with E-state index in [4.69, 9.17) is 14.2 Å². The molecule has 0 saturated heterocycles. The average molecular weight is 324 g/mol. The maximum Gasteiger partial charge on any atom is 0.358 e. The molecule has 1 aromatic rings. The Morgan fingerprint density at radius 1 is 1.14 bits per heavy atom. The van der Waals surface area contributed by atoms with Gasteiger partial charge in [0.1, 0.15) is 5.76 Å². The summed E-state index contributed by atoms with van der Waals surface area (Å²) in [4.78, 5) is 24.2. The number of benzene rings is 1. The van der Waals surface area contributed by atoms with Crippen molar-refractivity contribution >= 4 is 23.7 Å². The van der Waals surface area contributed by atoms with Crippen LogP contribution < -0.4 is 0 Å². The largest absolute Gasteiger partial charge is 0.472 e. The molecule has 1 rings (SSSR count). The van der Waals surface area contributed by atoms with Crippen molar-refractivity contribution in [2.75, 3.05) is 13.2 Å². The van der Waals surface area contributed by atoms with E-state index in [1.807, 2.05) is 30.3 Å². The monoisotopic (exact) mass is 324 g/mol. The fraction of sp³-hybridized carbons (Fsp3) is 0.375. The first-order valence-corrected chi connectivity index (χ1v) is 7.84. The molecular weight excluding hydrogens is 304 g/mol. The highest BCUT2D eigenvalue weighted by Gasteiger charge is 2.23. The number of carbonyl (C=O) groups is 2. The number of rotatable bonds is 8. The SMILES string of the molecule is CCOC(=O)/C=C(\C)OC(Sc1ccccc1)C(=O)OCC. The molecule has 0 N–H and O–H groups in total. The first-order chi connectivity index (χ1) is 10.6. The van der Waals surface area contributed by atoms with E-state index < -0.39 is 17.4 Å². The molecule has 0 heterocycles. The number of allylic oxidation sites excluding steroid dienone is 1. The van der Waals surface area contributed by atoms with Crippen molar-refractivity contribution in [1.29, 1.82) is 0 Å². The molecule has 0 saturated carbocycles. The highest BCUT2D eigenvalue weighted by Crippen LogP contribution is 2.26. The lowest BCUT2D eigenvalue weighted by molar-refractivity contribution is -0.149. The topological polar surface area (TPSA) is 61.8 Å². The van der Waals surface area contributed by atoms with Gasteiger partial charge in [-0.1, -0.05) is 30.0 Å². The molecule has 0 spiro atoms. The molecule has 1 unspecified atom stereocenters. The standard InChI is InChI=1S/C16H20O5S/c1-4-19-14(17)11-12(3)21-16(15(18)20-5-2)22-13-9-7-6-8-10-13/h6-11,16H,4-5H2,1-3H3/b12-11+. The van der Waals surface area contributed by atoms with Crippen LogP contribution in [0.4, 0.5) is 0 Å². The van der Waals surface area contributed by atoms with Crippen molar-refractivity contribution in [3.8, 4) is 0 Å². The molecule has 0 bridgehead atoms.